The minimum atomic E-state index is 0.267. The molecule has 0 aliphatic carbocycles. The molecule has 0 spiro atoms. The Labute approximate surface area is 127 Å². The lowest BCUT2D eigenvalue weighted by Crippen LogP contribution is -2.30. The average molecular weight is 297 g/mol. The number of hydrogen-bond acceptors (Lipinski definition) is 5. The first-order valence-corrected chi connectivity index (χ1v) is 7.36. The van der Waals surface area contributed by atoms with Crippen LogP contribution in [0.2, 0.25) is 0 Å². The van der Waals surface area contributed by atoms with Gasteiger partial charge in [-0.1, -0.05) is 13.0 Å². The van der Waals surface area contributed by atoms with Crippen LogP contribution in [0.5, 0.6) is 11.5 Å². The highest BCUT2D eigenvalue weighted by Crippen LogP contribution is 2.25. The molecular weight excluding hydrogens is 270 g/mol. The number of ether oxygens (including phenoxy) is 3. The van der Waals surface area contributed by atoms with Gasteiger partial charge in [-0.05, 0) is 12.5 Å². The molecule has 0 atom stereocenters. The van der Waals surface area contributed by atoms with Crippen molar-refractivity contribution in [3.63, 3.8) is 0 Å². The van der Waals surface area contributed by atoms with Crippen LogP contribution in [0.15, 0.2) is 18.2 Å². The highest BCUT2D eigenvalue weighted by molar-refractivity contribution is 5.39. The van der Waals surface area contributed by atoms with Gasteiger partial charge in [-0.25, -0.2) is 0 Å². The number of phenols is 1. The fourth-order valence-corrected chi connectivity index (χ4v) is 1.94. The predicted molar refractivity (Wildman–Crippen MR) is 82.9 cm³/mol. The molecule has 0 bridgehead atoms. The van der Waals surface area contributed by atoms with Crippen molar-refractivity contribution in [2.45, 2.75) is 19.9 Å². The van der Waals surface area contributed by atoms with E-state index in [1.54, 1.807) is 20.3 Å². The number of hydrogen-bond donors (Lipinski definition) is 1. The lowest BCUT2D eigenvalue weighted by atomic mass is 10.1. The van der Waals surface area contributed by atoms with E-state index in [-0.39, 0.29) is 5.75 Å². The van der Waals surface area contributed by atoms with E-state index in [0.29, 0.717) is 32.1 Å². The number of rotatable bonds is 11. The van der Waals surface area contributed by atoms with Gasteiger partial charge in [0.25, 0.3) is 0 Å². The van der Waals surface area contributed by atoms with E-state index in [1.807, 2.05) is 12.1 Å². The van der Waals surface area contributed by atoms with E-state index in [9.17, 15) is 5.11 Å². The summed E-state index contributed by atoms with van der Waals surface area (Å²) >= 11 is 0. The Morgan fingerprint density at radius 2 is 1.71 bits per heavy atom. The first-order chi connectivity index (χ1) is 10.2. The van der Waals surface area contributed by atoms with Crippen molar-refractivity contribution in [3.05, 3.63) is 23.8 Å². The van der Waals surface area contributed by atoms with Crippen LogP contribution in [-0.4, -0.2) is 57.1 Å². The van der Waals surface area contributed by atoms with Gasteiger partial charge in [0.15, 0.2) is 0 Å². The van der Waals surface area contributed by atoms with Crippen molar-refractivity contribution in [2.24, 2.45) is 0 Å². The number of benzene rings is 1. The summed E-state index contributed by atoms with van der Waals surface area (Å²) in [5.74, 6) is 0.974. The number of phenolic OH excluding ortho intramolecular Hbond substituents is 1. The summed E-state index contributed by atoms with van der Waals surface area (Å²) in [6, 6.07) is 5.48. The van der Waals surface area contributed by atoms with Gasteiger partial charge in [0, 0.05) is 45.5 Å². The third kappa shape index (κ3) is 6.80. The zero-order valence-corrected chi connectivity index (χ0v) is 13.3. The third-order valence-corrected chi connectivity index (χ3v) is 3.15. The quantitative estimate of drug-likeness (QED) is 0.679. The molecule has 0 amide bonds. The summed E-state index contributed by atoms with van der Waals surface area (Å²) in [5.41, 5.74) is 0.881. The molecule has 0 saturated carbocycles. The Kier molecular flexibility index (Phi) is 8.82. The normalized spacial score (nSPS) is 11.0. The number of methoxy groups -OCH3 is 2. The van der Waals surface area contributed by atoms with Gasteiger partial charge in [0.1, 0.15) is 11.5 Å². The molecular formula is C16H27NO4. The molecule has 1 N–H and O–H groups in total. The summed E-state index contributed by atoms with van der Waals surface area (Å²) in [6.45, 7) is 6.28. The van der Waals surface area contributed by atoms with E-state index in [0.717, 1.165) is 25.1 Å². The second-order valence-electron chi connectivity index (χ2n) is 4.90. The Morgan fingerprint density at radius 1 is 1.05 bits per heavy atom. The molecule has 0 fully saturated rings. The van der Waals surface area contributed by atoms with Gasteiger partial charge in [-0.15, -0.1) is 0 Å². The maximum Gasteiger partial charge on any atom is 0.123 e. The summed E-state index contributed by atoms with van der Waals surface area (Å²) in [5, 5.41) is 10.1. The van der Waals surface area contributed by atoms with Crippen molar-refractivity contribution >= 4 is 0 Å². The molecule has 0 aromatic heterocycles. The van der Waals surface area contributed by atoms with Crippen LogP contribution in [-0.2, 0) is 16.0 Å². The molecule has 1 aromatic carbocycles. The Morgan fingerprint density at radius 3 is 2.24 bits per heavy atom. The standard InChI is InChI=1S/C16H27NO4/c1-4-9-21-15-6-5-14(16(18)12-15)13-17(7-10-19-2)8-11-20-3/h5-6,12,18H,4,7-11,13H2,1-3H3. The molecule has 0 aliphatic heterocycles. The van der Waals surface area contributed by atoms with Crippen LogP contribution in [0.3, 0.4) is 0 Å². The van der Waals surface area contributed by atoms with Crippen LogP contribution < -0.4 is 4.74 Å². The molecule has 0 heterocycles. The zero-order valence-electron chi connectivity index (χ0n) is 13.3. The lowest BCUT2D eigenvalue weighted by molar-refractivity contribution is 0.110. The van der Waals surface area contributed by atoms with Crippen molar-refractivity contribution in [2.75, 3.05) is 47.1 Å². The molecule has 1 aromatic rings. The van der Waals surface area contributed by atoms with Crippen LogP contribution >= 0.6 is 0 Å². The molecule has 0 saturated heterocycles. The van der Waals surface area contributed by atoms with Crippen LogP contribution in [0, 0.1) is 0 Å². The summed E-state index contributed by atoms with van der Waals surface area (Å²) in [4.78, 5) is 2.19. The molecule has 0 radical (unpaired) electrons. The lowest BCUT2D eigenvalue weighted by Gasteiger charge is -2.22. The zero-order chi connectivity index (χ0) is 15.5. The highest BCUT2D eigenvalue weighted by Gasteiger charge is 2.10. The predicted octanol–water partition coefficient (Wildman–Crippen LogP) is 2.28. The van der Waals surface area contributed by atoms with Gasteiger partial charge in [-0.2, -0.15) is 0 Å². The van der Waals surface area contributed by atoms with Gasteiger partial charge in [0.2, 0.25) is 0 Å². The molecule has 0 aliphatic rings. The van der Waals surface area contributed by atoms with Gasteiger partial charge >= 0.3 is 0 Å². The minimum Gasteiger partial charge on any atom is -0.507 e. The minimum absolute atomic E-state index is 0.267. The topological polar surface area (TPSA) is 51.2 Å². The highest BCUT2D eigenvalue weighted by atomic mass is 16.5. The maximum absolute atomic E-state index is 10.1. The van der Waals surface area contributed by atoms with E-state index in [2.05, 4.69) is 11.8 Å². The monoisotopic (exact) mass is 297 g/mol. The number of aromatic hydroxyl groups is 1. The van der Waals surface area contributed by atoms with Gasteiger partial charge in [0.05, 0.1) is 19.8 Å². The molecule has 5 nitrogen and oxygen atoms in total. The molecule has 0 unspecified atom stereocenters. The van der Waals surface area contributed by atoms with Crippen LogP contribution in [0.1, 0.15) is 18.9 Å². The van der Waals surface area contributed by atoms with Crippen molar-refractivity contribution < 1.29 is 19.3 Å². The Bertz CT molecular complexity index is 390. The third-order valence-electron chi connectivity index (χ3n) is 3.15. The molecule has 5 heteroatoms. The van der Waals surface area contributed by atoms with E-state index in [1.165, 1.54) is 0 Å². The maximum atomic E-state index is 10.1. The fourth-order valence-electron chi connectivity index (χ4n) is 1.94. The van der Waals surface area contributed by atoms with Crippen LogP contribution in [0.25, 0.3) is 0 Å². The van der Waals surface area contributed by atoms with E-state index >= 15 is 0 Å². The smallest absolute Gasteiger partial charge is 0.123 e. The van der Waals surface area contributed by atoms with Crippen LogP contribution in [0.4, 0.5) is 0 Å². The largest absolute Gasteiger partial charge is 0.507 e. The molecule has 21 heavy (non-hydrogen) atoms. The number of nitrogens with zero attached hydrogens (tertiary/aromatic N) is 1. The van der Waals surface area contributed by atoms with Gasteiger partial charge in [-0.3, -0.25) is 4.90 Å². The first-order valence-electron chi connectivity index (χ1n) is 7.36. The molecule has 120 valence electrons. The second kappa shape index (κ2) is 10.4. The average Bonchev–Trinajstić information content (AvgIpc) is 2.49. The van der Waals surface area contributed by atoms with Crippen molar-refractivity contribution in [3.8, 4) is 11.5 Å². The van der Waals surface area contributed by atoms with Gasteiger partial charge < -0.3 is 19.3 Å². The van der Waals surface area contributed by atoms with Crippen molar-refractivity contribution in [1.29, 1.82) is 0 Å². The Hall–Kier alpha value is -1.30. The summed E-state index contributed by atoms with van der Waals surface area (Å²) < 4.78 is 15.7. The Balaban J connectivity index is 2.64. The first kappa shape index (κ1) is 17.8. The summed E-state index contributed by atoms with van der Waals surface area (Å²) in [7, 11) is 3.37. The summed E-state index contributed by atoms with van der Waals surface area (Å²) in [6.07, 6.45) is 0.949. The molecule has 1 rings (SSSR count). The van der Waals surface area contributed by atoms with E-state index in [4.69, 9.17) is 14.2 Å². The van der Waals surface area contributed by atoms with E-state index < -0.39 is 0 Å². The second-order valence-corrected chi connectivity index (χ2v) is 4.90. The fraction of sp³-hybridized carbons (Fsp3) is 0.625. The SMILES string of the molecule is CCCOc1ccc(CN(CCOC)CCOC)c(O)c1. The van der Waals surface area contributed by atoms with Crippen molar-refractivity contribution in [1.82, 2.24) is 4.90 Å².